The van der Waals surface area contributed by atoms with Gasteiger partial charge in [0.1, 0.15) is 0 Å². The van der Waals surface area contributed by atoms with E-state index in [1.165, 1.54) is 24.9 Å². The average Bonchev–Trinajstić information content (AvgIpc) is 3.14. The van der Waals surface area contributed by atoms with Crippen molar-refractivity contribution in [2.24, 2.45) is 4.99 Å². The molecule has 1 atom stereocenters. The Morgan fingerprint density at radius 3 is 2.61 bits per heavy atom. The molecule has 0 aromatic heterocycles. The van der Waals surface area contributed by atoms with E-state index < -0.39 is 0 Å². The van der Waals surface area contributed by atoms with Gasteiger partial charge in [-0.15, -0.1) is 24.0 Å². The number of guanidine groups is 1. The van der Waals surface area contributed by atoms with Crippen LogP contribution in [0, 0.1) is 0 Å². The lowest BCUT2D eigenvalue weighted by Gasteiger charge is -2.23. The summed E-state index contributed by atoms with van der Waals surface area (Å²) in [6, 6.07) is 8.95. The molecule has 8 heteroatoms. The minimum Gasteiger partial charge on any atom is -0.368 e. The molecule has 1 aliphatic heterocycles. The number of carbonyl (C=O) groups is 1. The van der Waals surface area contributed by atoms with E-state index in [1.54, 1.807) is 7.05 Å². The van der Waals surface area contributed by atoms with E-state index in [4.69, 9.17) is 0 Å². The molecular formula is C20H31BrIN5O. The highest BCUT2D eigenvalue weighted by atomic mass is 127. The number of aliphatic imine (C=N–C) groups is 1. The fraction of sp³-hybridized carbons (Fsp3) is 0.600. The molecule has 1 heterocycles. The number of hydrogen-bond donors (Lipinski definition) is 3. The molecule has 3 N–H and O–H groups in total. The smallest absolute Gasteiger partial charge is 0.239 e. The molecule has 1 saturated carbocycles. The summed E-state index contributed by atoms with van der Waals surface area (Å²) < 4.78 is 1.12. The number of hydrogen-bond acceptors (Lipinski definition) is 3. The third-order valence-electron chi connectivity index (χ3n) is 5.33. The number of benzene rings is 1. The van der Waals surface area contributed by atoms with Crippen LogP contribution in [0.15, 0.2) is 33.7 Å². The molecule has 0 bridgehead atoms. The second kappa shape index (κ2) is 11.8. The zero-order valence-electron chi connectivity index (χ0n) is 16.4. The molecule has 2 fully saturated rings. The summed E-state index contributed by atoms with van der Waals surface area (Å²) in [5, 5.41) is 9.73. The lowest BCUT2D eigenvalue weighted by Crippen LogP contribution is -2.49. The van der Waals surface area contributed by atoms with Gasteiger partial charge in [0.05, 0.1) is 12.2 Å². The van der Waals surface area contributed by atoms with Gasteiger partial charge in [0.15, 0.2) is 5.96 Å². The highest BCUT2D eigenvalue weighted by Gasteiger charge is 2.24. The first kappa shape index (κ1) is 23.3. The Hall–Kier alpha value is -1.03. The Labute approximate surface area is 193 Å². The van der Waals surface area contributed by atoms with E-state index in [2.05, 4.69) is 60.0 Å². The Balaban J connectivity index is 0.00000280. The molecule has 1 amide bonds. The molecule has 1 saturated heterocycles. The SMILES string of the molecule is CN=C(NCC(=O)NC1CCCCC1)NC1CCN(c2ccccc2Br)C1.I. The molecule has 3 rings (SSSR count). The Kier molecular flexibility index (Phi) is 9.84. The van der Waals surface area contributed by atoms with E-state index in [9.17, 15) is 4.79 Å². The van der Waals surface area contributed by atoms with Gasteiger partial charge in [0.2, 0.25) is 5.91 Å². The maximum absolute atomic E-state index is 12.2. The topological polar surface area (TPSA) is 68.8 Å². The standard InChI is InChI=1S/C20H30BrN5O.HI/c1-22-20(23-13-19(27)24-15-7-3-2-4-8-15)25-16-11-12-26(14-16)18-10-6-5-9-17(18)21;/h5-6,9-10,15-16H,2-4,7-8,11-14H2,1H3,(H,24,27)(H2,22,23,25);1H. The lowest BCUT2D eigenvalue weighted by atomic mass is 9.95. The van der Waals surface area contributed by atoms with Gasteiger partial charge in [-0.3, -0.25) is 9.79 Å². The van der Waals surface area contributed by atoms with Crippen LogP contribution in [0.4, 0.5) is 5.69 Å². The van der Waals surface area contributed by atoms with Gasteiger partial charge >= 0.3 is 0 Å². The first-order valence-electron chi connectivity index (χ1n) is 9.91. The molecule has 1 aromatic carbocycles. The van der Waals surface area contributed by atoms with Gasteiger partial charge in [0, 0.05) is 36.7 Å². The van der Waals surface area contributed by atoms with Crippen molar-refractivity contribution in [3.63, 3.8) is 0 Å². The maximum atomic E-state index is 12.2. The maximum Gasteiger partial charge on any atom is 0.239 e. The zero-order valence-corrected chi connectivity index (χ0v) is 20.3. The number of rotatable bonds is 5. The second-order valence-corrected chi connectivity index (χ2v) is 8.21. The third-order valence-corrected chi connectivity index (χ3v) is 6.00. The Morgan fingerprint density at radius 1 is 1.14 bits per heavy atom. The van der Waals surface area contributed by atoms with Gasteiger partial charge in [-0.05, 0) is 47.3 Å². The number of nitrogens with one attached hydrogen (secondary N) is 3. The number of nitrogens with zero attached hydrogens (tertiary/aromatic N) is 2. The molecule has 156 valence electrons. The van der Waals surface area contributed by atoms with Gasteiger partial charge in [0.25, 0.3) is 0 Å². The van der Waals surface area contributed by atoms with Crippen LogP contribution >= 0.6 is 39.9 Å². The van der Waals surface area contributed by atoms with Crippen molar-refractivity contribution < 1.29 is 4.79 Å². The average molecular weight is 564 g/mol. The van der Waals surface area contributed by atoms with Crippen molar-refractivity contribution >= 4 is 57.5 Å². The monoisotopic (exact) mass is 563 g/mol. The number of para-hydroxylation sites is 1. The van der Waals surface area contributed by atoms with Crippen molar-refractivity contribution in [3.8, 4) is 0 Å². The first-order valence-corrected chi connectivity index (χ1v) is 10.7. The van der Waals surface area contributed by atoms with Crippen LogP contribution in [0.3, 0.4) is 0 Å². The summed E-state index contributed by atoms with van der Waals surface area (Å²) in [6.07, 6.45) is 6.97. The number of anilines is 1. The number of amides is 1. The minimum atomic E-state index is 0. The largest absolute Gasteiger partial charge is 0.368 e. The highest BCUT2D eigenvalue weighted by Crippen LogP contribution is 2.28. The fourth-order valence-corrected chi connectivity index (χ4v) is 4.42. The van der Waals surface area contributed by atoms with Gasteiger partial charge < -0.3 is 20.9 Å². The second-order valence-electron chi connectivity index (χ2n) is 7.36. The van der Waals surface area contributed by atoms with Crippen LogP contribution in [0.5, 0.6) is 0 Å². The van der Waals surface area contributed by atoms with Gasteiger partial charge in [-0.25, -0.2) is 0 Å². The van der Waals surface area contributed by atoms with Crippen LogP contribution in [-0.2, 0) is 4.79 Å². The lowest BCUT2D eigenvalue weighted by molar-refractivity contribution is -0.120. The fourth-order valence-electron chi connectivity index (χ4n) is 3.88. The molecule has 2 aliphatic rings. The predicted molar refractivity (Wildman–Crippen MR) is 130 cm³/mol. The quantitative estimate of drug-likeness (QED) is 0.292. The van der Waals surface area contributed by atoms with Crippen molar-refractivity contribution in [1.29, 1.82) is 0 Å². The van der Waals surface area contributed by atoms with E-state index in [0.29, 0.717) is 18.0 Å². The van der Waals surface area contributed by atoms with Crippen LogP contribution in [0.2, 0.25) is 0 Å². The third kappa shape index (κ3) is 6.79. The predicted octanol–water partition coefficient (Wildman–Crippen LogP) is 3.26. The molecule has 0 spiro atoms. The van der Waals surface area contributed by atoms with E-state index in [0.717, 1.165) is 36.8 Å². The number of halogens is 2. The molecule has 28 heavy (non-hydrogen) atoms. The summed E-state index contributed by atoms with van der Waals surface area (Å²) in [4.78, 5) is 18.8. The summed E-state index contributed by atoms with van der Waals surface area (Å²) in [7, 11) is 1.74. The Morgan fingerprint density at radius 2 is 1.89 bits per heavy atom. The van der Waals surface area contributed by atoms with Crippen molar-refractivity contribution in [1.82, 2.24) is 16.0 Å². The molecular weight excluding hydrogens is 533 g/mol. The van der Waals surface area contributed by atoms with E-state index in [-0.39, 0.29) is 36.4 Å². The van der Waals surface area contributed by atoms with E-state index in [1.807, 2.05) is 6.07 Å². The Bertz CT molecular complexity index is 666. The summed E-state index contributed by atoms with van der Waals surface area (Å²) in [6.45, 7) is 2.17. The van der Waals surface area contributed by atoms with Crippen LogP contribution in [0.1, 0.15) is 38.5 Å². The highest BCUT2D eigenvalue weighted by molar-refractivity contribution is 14.0. The summed E-state index contributed by atoms with van der Waals surface area (Å²) in [5.74, 6) is 0.735. The van der Waals surface area contributed by atoms with Crippen LogP contribution in [0.25, 0.3) is 0 Å². The van der Waals surface area contributed by atoms with Crippen molar-refractivity contribution in [2.75, 3.05) is 31.6 Å². The molecule has 1 aromatic rings. The van der Waals surface area contributed by atoms with Gasteiger partial charge in [-0.1, -0.05) is 31.4 Å². The van der Waals surface area contributed by atoms with E-state index >= 15 is 0 Å². The molecule has 6 nitrogen and oxygen atoms in total. The van der Waals surface area contributed by atoms with Crippen LogP contribution in [-0.4, -0.2) is 50.6 Å². The summed E-state index contributed by atoms with van der Waals surface area (Å²) >= 11 is 3.63. The molecule has 0 radical (unpaired) electrons. The van der Waals surface area contributed by atoms with Crippen molar-refractivity contribution in [2.45, 2.75) is 50.6 Å². The number of carbonyl (C=O) groups excluding carboxylic acids is 1. The zero-order chi connectivity index (χ0) is 19.1. The summed E-state index contributed by atoms with van der Waals surface area (Å²) in [5.41, 5.74) is 1.22. The normalized spacial score (nSPS) is 20.4. The minimum absolute atomic E-state index is 0. The first-order chi connectivity index (χ1) is 13.2. The van der Waals surface area contributed by atoms with Crippen molar-refractivity contribution in [3.05, 3.63) is 28.7 Å². The molecule has 1 unspecified atom stereocenters. The van der Waals surface area contributed by atoms with Gasteiger partial charge in [-0.2, -0.15) is 0 Å². The van der Waals surface area contributed by atoms with Crippen LogP contribution < -0.4 is 20.9 Å². The molecule has 1 aliphatic carbocycles.